The Bertz CT molecular complexity index is 1370. The first-order chi connectivity index (χ1) is 14.3. The van der Waals surface area contributed by atoms with E-state index in [0.717, 1.165) is 26.5 Å². The zero-order valence-corrected chi connectivity index (χ0v) is 17.8. The van der Waals surface area contributed by atoms with Gasteiger partial charge in [-0.15, -0.1) is 22.7 Å². The Balaban J connectivity index is 1.64. The molecule has 0 unspecified atom stereocenters. The Kier molecular flexibility index (Phi) is 5.35. The number of aromatic nitrogens is 3. The van der Waals surface area contributed by atoms with E-state index in [1.54, 1.807) is 19.1 Å². The first-order valence-corrected chi connectivity index (χ1v) is 10.7. The summed E-state index contributed by atoms with van der Waals surface area (Å²) < 4.78 is 15.5. The highest BCUT2D eigenvalue weighted by Crippen LogP contribution is 2.18. The molecule has 0 aliphatic heterocycles. The molecule has 0 radical (unpaired) electrons. The van der Waals surface area contributed by atoms with Gasteiger partial charge < -0.3 is 5.32 Å². The smallest absolute Gasteiger partial charge is 0.336 e. The molecule has 154 valence electrons. The van der Waals surface area contributed by atoms with Crippen molar-refractivity contribution in [1.29, 1.82) is 0 Å². The number of benzene rings is 1. The molecule has 0 aliphatic carbocycles. The first kappa shape index (κ1) is 20.2. The molecule has 0 saturated carbocycles. The average molecular weight is 445 g/mol. The summed E-state index contributed by atoms with van der Waals surface area (Å²) in [5, 5.41) is 5.41. The molecule has 0 aliphatic rings. The average Bonchev–Trinajstić information content (AvgIpc) is 3.35. The molecule has 1 N–H and O–H groups in total. The molecule has 4 rings (SSSR count). The molecular formula is C20H17FN4O3S2. The lowest BCUT2D eigenvalue weighted by Gasteiger charge is -2.05. The van der Waals surface area contributed by atoms with Crippen LogP contribution in [-0.4, -0.2) is 19.9 Å². The van der Waals surface area contributed by atoms with Crippen molar-refractivity contribution in [2.45, 2.75) is 26.9 Å². The lowest BCUT2D eigenvalue weighted by atomic mass is 10.2. The maximum absolute atomic E-state index is 13.0. The van der Waals surface area contributed by atoms with Crippen molar-refractivity contribution in [1.82, 2.24) is 19.3 Å². The van der Waals surface area contributed by atoms with E-state index < -0.39 is 11.2 Å². The van der Waals surface area contributed by atoms with E-state index in [2.05, 4.69) is 10.3 Å². The van der Waals surface area contributed by atoms with Crippen LogP contribution in [0.15, 0.2) is 45.4 Å². The summed E-state index contributed by atoms with van der Waals surface area (Å²) in [6, 6.07) is 5.81. The van der Waals surface area contributed by atoms with Gasteiger partial charge >= 0.3 is 5.69 Å². The fourth-order valence-corrected chi connectivity index (χ4v) is 4.63. The topological polar surface area (TPSA) is 85.5 Å². The van der Waals surface area contributed by atoms with Gasteiger partial charge in [-0.2, -0.15) is 0 Å². The quantitative estimate of drug-likeness (QED) is 0.513. The van der Waals surface area contributed by atoms with Crippen LogP contribution in [0.2, 0.25) is 0 Å². The number of nitrogens with zero attached hydrogens (tertiary/aromatic N) is 3. The van der Waals surface area contributed by atoms with Crippen molar-refractivity contribution in [2.75, 3.05) is 0 Å². The Morgan fingerprint density at radius 2 is 1.93 bits per heavy atom. The predicted molar refractivity (Wildman–Crippen MR) is 114 cm³/mol. The lowest BCUT2D eigenvalue weighted by molar-refractivity contribution is 0.0954. The van der Waals surface area contributed by atoms with Gasteiger partial charge in [-0.25, -0.2) is 14.2 Å². The third-order valence-electron chi connectivity index (χ3n) is 4.57. The van der Waals surface area contributed by atoms with Gasteiger partial charge in [0.15, 0.2) is 0 Å². The van der Waals surface area contributed by atoms with Crippen LogP contribution in [0, 0.1) is 19.7 Å². The molecule has 0 atom stereocenters. The number of carbonyl (C=O) groups excluding carboxylic acids is 1. The van der Waals surface area contributed by atoms with E-state index in [1.807, 2.05) is 12.3 Å². The van der Waals surface area contributed by atoms with Crippen LogP contribution in [0.5, 0.6) is 0 Å². The molecule has 1 aromatic carbocycles. The summed E-state index contributed by atoms with van der Waals surface area (Å²) in [5.41, 5.74) is 0.871. The van der Waals surface area contributed by atoms with Gasteiger partial charge in [-0.3, -0.25) is 18.6 Å². The number of halogens is 1. The molecular weight excluding hydrogens is 427 g/mol. The highest BCUT2D eigenvalue weighted by Gasteiger charge is 2.18. The second-order valence-electron chi connectivity index (χ2n) is 6.74. The maximum Gasteiger partial charge on any atom is 0.336 e. The minimum atomic E-state index is -0.514. The highest BCUT2D eigenvalue weighted by atomic mass is 32.1. The van der Waals surface area contributed by atoms with E-state index in [4.69, 9.17) is 0 Å². The van der Waals surface area contributed by atoms with Crippen molar-refractivity contribution in [2.24, 2.45) is 0 Å². The fourth-order valence-electron chi connectivity index (χ4n) is 3.02. The monoisotopic (exact) mass is 444 g/mol. The van der Waals surface area contributed by atoms with Gasteiger partial charge in [-0.1, -0.05) is 12.1 Å². The molecule has 0 spiro atoms. The Hall–Kier alpha value is -3.11. The van der Waals surface area contributed by atoms with Gasteiger partial charge in [-0.05, 0) is 31.5 Å². The number of carbonyl (C=O) groups is 1. The number of hydrogen-bond donors (Lipinski definition) is 1. The lowest BCUT2D eigenvalue weighted by Crippen LogP contribution is -2.38. The maximum atomic E-state index is 13.0. The number of aryl methyl sites for hydroxylation is 2. The predicted octanol–water partition coefficient (Wildman–Crippen LogP) is 2.71. The largest absolute Gasteiger partial charge is 0.347 e. The fraction of sp³-hybridized carbons (Fsp3) is 0.200. The summed E-state index contributed by atoms with van der Waals surface area (Å²) in [4.78, 5) is 43.2. The van der Waals surface area contributed by atoms with Crippen LogP contribution < -0.4 is 16.6 Å². The van der Waals surface area contributed by atoms with E-state index >= 15 is 0 Å². The van der Waals surface area contributed by atoms with Gasteiger partial charge in [0.1, 0.15) is 15.5 Å². The summed E-state index contributed by atoms with van der Waals surface area (Å²) in [7, 11) is 0. The van der Waals surface area contributed by atoms with Crippen LogP contribution in [0.1, 0.15) is 31.5 Å². The van der Waals surface area contributed by atoms with Crippen molar-refractivity contribution in [3.8, 4) is 0 Å². The molecule has 3 heterocycles. The van der Waals surface area contributed by atoms with Gasteiger partial charge in [0.25, 0.3) is 11.5 Å². The van der Waals surface area contributed by atoms with E-state index in [-0.39, 0.29) is 24.8 Å². The second kappa shape index (κ2) is 7.96. The molecule has 7 nitrogen and oxygen atoms in total. The number of rotatable bonds is 5. The molecule has 0 bridgehead atoms. The SMILES string of the molecule is Cc1nc(Cn2c(=O)c(C)c3sc(C(=O)NCc4ccc(F)cc4)cn3c2=O)cs1. The van der Waals surface area contributed by atoms with Crippen LogP contribution in [0.4, 0.5) is 4.39 Å². The normalized spacial score (nSPS) is 11.2. The summed E-state index contributed by atoms with van der Waals surface area (Å²) in [6.45, 7) is 3.79. The Morgan fingerprint density at radius 3 is 2.60 bits per heavy atom. The molecule has 1 amide bonds. The first-order valence-electron chi connectivity index (χ1n) is 9.02. The van der Waals surface area contributed by atoms with Crippen LogP contribution >= 0.6 is 22.7 Å². The number of nitrogens with one attached hydrogen (secondary N) is 1. The molecule has 3 aromatic heterocycles. The standard InChI is InChI=1S/C20H17FN4O3S2/c1-11-18(27)24(8-15-10-29-12(2)23-15)20(28)25-9-16(30-19(11)25)17(26)22-7-13-3-5-14(21)6-4-13/h3-6,9-10H,7-8H2,1-2H3,(H,22,26). The van der Waals surface area contributed by atoms with Crippen molar-refractivity contribution in [3.63, 3.8) is 0 Å². The van der Waals surface area contributed by atoms with Crippen LogP contribution in [0.3, 0.4) is 0 Å². The van der Waals surface area contributed by atoms with Gasteiger partial charge in [0, 0.05) is 23.7 Å². The zero-order chi connectivity index (χ0) is 21.4. The summed E-state index contributed by atoms with van der Waals surface area (Å²) in [6.07, 6.45) is 1.44. The van der Waals surface area contributed by atoms with Gasteiger partial charge in [0.2, 0.25) is 0 Å². The summed E-state index contributed by atoms with van der Waals surface area (Å²) in [5.74, 6) is -0.722. The van der Waals surface area contributed by atoms with Gasteiger partial charge in [0.05, 0.1) is 17.2 Å². The minimum absolute atomic E-state index is 0.0771. The summed E-state index contributed by atoms with van der Waals surface area (Å²) >= 11 is 2.53. The zero-order valence-electron chi connectivity index (χ0n) is 16.1. The molecule has 0 saturated heterocycles. The minimum Gasteiger partial charge on any atom is -0.347 e. The number of hydrogen-bond acceptors (Lipinski definition) is 6. The van der Waals surface area contributed by atoms with E-state index in [1.165, 1.54) is 34.1 Å². The molecule has 4 aromatic rings. The Labute approximate surface area is 178 Å². The third kappa shape index (κ3) is 3.83. The van der Waals surface area contributed by atoms with Crippen molar-refractivity contribution in [3.05, 3.63) is 89.2 Å². The molecule has 30 heavy (non-hydrogen) atoms. The van der Waals surface area contributed by atoms with Crippen molar-refractivity contribution < 1.29 is 9.18 Å². The van der Waals surface area contributed by atoms with E-state index in [0.29, 0.717) is 21.0 Å². The van der Waals surface area contributed by atoms with Crippen LogP contribution in [0.25, 0.3) is 4.83 Å². The van der Waals surface area contributed by atoms with Crippen molar-refractivity contribution >= 4 is 33.4 Å². The van der Waals surface area contributed by atoms with E-state index in [9.17, 15) is 18.8 Å². The van der Waals surface area contributed by atoms with Crippen LogP contribution in [-0.2, 0) is 13.1 Å². The number of fused-ring (bicyclic) bond motifs is 1. The number of amides is 1. The molecule has 0 fully saturated rings. The third-order valence-corrected chi connectivity index (χ3v) is 6.60. The molecule has 10 heteroatoms. The number of thiazole rings is 2. The Morgan fingerprint density at radius 1 is 1.20 bits per heavy atom. The second-order valence-corrected chi connectivity index (χ2v) is 8.83. The highest BCUT2D eigenvalue weighted by molar-refractivity contribution is 7.19.